The predicted molar refractivity (Wildman–Crippen MR) is 71.5 cm³/mol. The lowest BCUT2D eigenvalue weighted by atomic mass is 10.1. The Bertz CT molecular complexity index is 445. The molecule has 0 saturated carbocycles. The van der Waals surface area contributed by atoms with E-state index in [4.69, 9.17) is 5.11 Å². The molecule has 0 spiro atoms. The van der Waals surface area contributed by atoms with Crippen molar-refractivity contribution in [3.05, 3.63) is 28.2 Å². The van der Waals surface area contributed by atoms with Gasteiger partial charge in [0.2, 0.25) is 0 Å². The Morgan fingerprint density at radius 1 is 1.59 bits per heavy atom. The molecular formula is C13H16BrNO2. The summed E-state index contributed by atoms with van der Waals surface area (Å²) in [7, 11) is 0. The molecule has 17 heavy (non-hydrogen) atoms. The molecule has 1 aliphatic rings. The Balaban J connectivity index is 2.33. The molecule has 1 aromatic rings. The first-order valence-corrected chi connectivity index (χ1v) is 6.57. The van der Waals surface area contributed by atoms with E-state index < -0.39 is 5.97 Å². The monoisotopic (exact) mass is 297 g/mol. The minimum Gasteiger partial charge on any atom is -0.481 e. The smallest absolute Gasteiger partial charge is 0.305 e. The summed E-state index contributed by atoms with van der Waals surface area (Å²) in [5.41, 5.74) is 2.41. The number of hydrogen-bond acceptors (Lipinski definition) is 2. The van der Waals surface area contributed by atoms with Gasteiger partial charge in [-0.2, -0.15) is 0 Å². The van der Waals surface area contributed by atoms with Crippen LogP contribution in [0.2, 0.25) is 0 Å². The summed E-state index contributed by atoms with van der Waals surface area (Å²) in [4.78, 5) is 13.1. The van der Waals surface area contributed by atoms with Crippen molar-refractivity contribution in [2.24, 2.45) is 0 Å². The number of anilines is 1. The maximum Gasteiger partial charge on any atom is 0.305 e. The summed E-state index contributed by atoms with van der Waals surface area (Å²) >= 11 is 3.46. The molecule has 0 saturated heterocycles. The largest absolute Gasteiger partial charge is 0.481 e. The van der Waals surface area contributed by atoms with Crippen LogP contribution in [0.15, 0.2) is 22.7 Å². The van der Waals surface area contributed by atoms with Gasteiger partial charge in [-0.05, 0) is 44.0 Å². The van der Waals surface area contributed by atoms with E-state index >= 15 is 0 Å². The number of carboxylic acid groups (broad SMARTS) is 1. The van der Waals surface area contributed by atoms with Crippen molar-refractivity contribution in [3.8, 4) is 0 Å². The number of halogens is 1. The highest BCUT2D eigenvalue weighted by molar-refractivity contribution is 9.10. The molecule has 0 fully saturated rings. The third kappa shape index (κ3) is 2.46. The molecule has 1 aromatic carbocycles. The molecule has 92 valence electrons. The van der Waals surface area contributed by atoms with Crippen molar-refractivity contribution in [1.82, 2.24) is 0 Å². The fourth-order valence-electron chi connectivity index (χ4n) is 2.59. The summed E-state index contributed by atoms with van der Waals surface area (Å²) in [5, 5.41) is 8.97. The van der Waals surface area contributed by atoms with Crippen molar-refractivity contribution in [2.75, 3.05) is 4.90 Å². The first-order chi connectivity index (χ1) is 7.99. The highest BCUT2D eigenvalue weighted by Crippen LogP contribution is 2.36. The first kappa shape index (κ1) is 12.4. The molecule has 0 bridgehead atoms. The van der Waals surface area contributed by atoms with Gasteiger partial charge in [0.05, 0.1) is 6.42 Å². The van der Waals surface area contributed by atoms with E-state index in [0.29, 0.717) is 6.04 Å². The molecule has 0 radical (unpaired) electrons. The molecule has 2 rings (SSSR count). The number of hydrogen-bond donors (Lipinski definition) is 1. The number of carboxylic acids is 1. The van der Waals surface area contributed by atoms with Crippen LogP contribution in [0.25, 0.3) is 0 Å². The van der Waals surface area contributed by atoms with Gasteiger partial charge in [0.15, 0.2) is 0 Å². The van der Waals surface area contributed by atoms with Gasteiger partial charge >= 0.3 is 5.97 Å². The number of rotatable bonds is 3. The van der Waals surface area contributed by atoms with E-state index in [0.717, 1.165) is 10.9 Å². The Hall–Kier alpha value is -1.03. The lowest BCUT2D eigenvalue weighted by Crippen LogP contribution is -2.39. The Kier molecular flexibility index (Phi) is 3.43. The fourth-order valence-corrected chi connectivity index (χ4v) is 3.00. The van der Waals surface area contributed by atoms with Crippen LogP contribution >= 0.6 is 15.9 Å². The maximum absolute atomic E-state index is 10.9. The second-order valence-corrected chi connectivity index (χ2v) is 5.65. The van der Waals surface area contributed by atoms with Crippen LogP contribution in [0.4, 0.5) is 5.69 Å². The lowest BCUT2D eigenvalue weighted by molar-refractivity contribution is -0.137. The zero-order valence-electron chi connectivity index (χ0n) is 9.98. The van der Waals surface area contributed by atoms with E-state index in [2.05, 4.69) is 46.8 Å². The van der Waals surface area contributed by atoms with E-state index in [9.17, 15) is 4.79 Å². The van der Waals surface area contributed by atoms with E-state index in [1.807, 2.05) is 6.07 Å². The summed E-state index contributed by atoms with van der Waals surface area (Å²) in [6.07, 6.45) is 1.02. The quantitative estimate of drug-likeness (QED) is 0.932. The minimum absolute atomic E-state index is 0.0804. The highest BCUT2D eigenvalue weighted by atomic mass is 79.9. The van der Waals surface area contributed by atoms with Crippen LogP contribution < -0.4 is 4.90 Å². The van der Waals surface area contributed by atoms with Gasteiger partial charge in [-0.25, -0.2) is 0 Å². The average molecular weight is 298 g/mol. The topological polar surface area (TPSA) is 40.5 Å². The molecule has 4 heteroatoms. The van der Waals surface area contributed by atoms with Gasteiger partial charge in [0.1, 0.15) is 0 Å². The number of nitrogens with zero attached hydrogens (tertiary/aromatic N) is 1. The molecule has 3 nitrogen and oxygen atoms in total. The predicted octanol–water partition coefficient (Wildman–Crippen LogP) is 3.06. The van der Waals surface area contributed by atoms with Crippen molar-refractivity contribution in [2.45, 2.75) is 38.8 Å². The summed E-state index contributed by atoms with van der Waals surface area (Å²) < 4.78 is 1.05. The van der Waals surface area contributed by atoms with Crippen LogP contribution in [0.1, 0.15) is 25.8 Å². The van der Waals surface area contributed by atoms with Gasteiger partial charge < -0.3 is 10.0 Å². The number of carbonyl (C=O) groups is 1. The zero-order valence-corrected chi connectivity index (χ0v) is 11.6. The fraction of sp³-hybridized carbons (Fsp3) is 0.462. The van der Waals surface area contributed by atoms with Crippen LogP contribution in [0, 0.1) is 0 Å². The van der Waals surface area contributed by atoms with Gasteiger partial charge in [0.25, 0.3) is 0 Å². The lowest BCUT2D eigenvalue weighted by Gasteiger charge is -2.30. The maximum atomic E-state index is 10.9. The number of aliphatic carboxylic acids is 1. The van der Waals surface area contributed by atoms with Crippen LogP contribution in [-0.4, -0.2) is 23.2 Å². The molecule has 1 N–H and O–H groups in total. The highest BCUT2D eigenvalue weighted by Gasteiger charge is 2.32. The Labute approximate surface area is 110 Å². The second-order valence-electron chi connectivity index (χ2n) is 4.73. The van der Waals surface area contributed by atoms with Gasteiger partial charge in [-0.3, -0.25) is 4.79 Å². The van der Waals surface area contributed by atoms with E-state index in [1.165, 1.54) is 11.3 Å². The molecule has 0 amide bonds. The minimum atomic E-state index is -0.729. The van der Waals surface area contributed by atoms with Crippen molar-refractivity contribution in [3.63, 3.8) is 0 Å². The van der Waals surface area contributed by atoms with Crippen molar-refractivity contribution >= 4 is 27.6 Å². The molecule has 1 heterocycles. The van der Waals surface area contributed by atoms with Gasteiger partial charge in [-0.15, -0.1) is 0 Å². The van der Waals surface area contributed by atoms with E-state index in [1.54, 1.807) is 0 Å². The third-order valence-corrected chi connectivity index (χ3v) is 3.63. The third-order valence-electron chi connectivity index (χ3n) is 3.14. The SMILES string of the molecule is CC(C)N1c2ccc(Br)cc2CC1CC(=O)O. The second kappa shape index (κ2) is 4.69. The normalized spacial score (nSPS) is 18.6. The molecule has 0 aliphatic carbocycles. The van der Waals surface area contributed by atoms with Gasteiger partial charge in [-0.1, -0.05) is 15.9 Å². The zero-order chi connectivity index (χ0) is 12.6. The molecule has 0 aromatic heterocycles. The first-order valence-electron chi connectivity index (χ1n) is 5.77. The molecular weight excluding hydrogens is 282 g/mol. The van der Waals surface area contributed by atoms with E-state index in [-0.39, 0.29) is 12.5 Å². The standard InChI is InChI=1S/C13H16BrNO2/c1-8(2)15-11(7-13(16)17)6-9-5-10(14)3-4-12(9)15/h3-5,8,11H,6-7H2,1-2H3,(H,16,17). The summed E-state index contributed by atoms with van der Waals surface area (Å²) in [5.74, 6) is -0.729. The van der Waals surface area contributed by atoms with Gasteiger partial charge in [0, 0.05) is 22.2 Å². The van der Waals surface area contributed by atoms with Crippen LogP contribution in [-0.2, 0) is 11.2 Å². The van der Waals surface area contributed by atoms with Crippen LogP contribution in [0.5, 0.6) is 0 Å². The number of fused-ring (bicyclic) bond motifs is 1. The molecule has 1 atom stereocenters. The molecule has 1 aliphatic heterocycles. The Morgan fingerprint density at radius 3 is 2.88 bits per heavy atom. The number of benzene rings is 1. The molecule has 1 unspecified atom stereocenters. The van der Waals surface area contributed by atoms with Crippen molar-refractivity contribution < 1.29 is 9.90 Å². The summed E-state index contributed by atoms with van der Waals surface area (Å²) in [6.45, 7) is 4.21. The van der Waals surface area contributed by atoms with Crippen LogP contribution in [0.3, 0.4) is 0 Å². The average Bonchev–Trinajstić information content (AvgIpc) is 2.53. The summed E-state index contributed by atoms with van der Waals surface area (Å²) in [6, 6.07) is 6.57. The Morgan fingerprint density at radius 2 is 2.29 bits per heavy atom. The van der Waals surface area contributed by atoms with Crippen molar-refractivity contribution in [1.29, 1.82) is 0 Å².